The fourth-order valence-electron chi connectivity index (χ4n) is 3.04. The van der Waals surface area contributed by atoms with E-state index < -0.39 is 0 Å². The molecule has 1 aliphatic rings. The highest BCUT2D eigenvalue weighted by Gasteiger charge is 2.25. The standard InChI is InChI=1S/C16H25N3O2/c1-3-19(13-8-6-5-7-9-13)15-14(16(20)21-4-2)10-12(17)11-18-15/h10-11,13H,3-9,17H2,1-2H3. The van der Waals surface area contributed by atoms with Crippen molar-refractivity contribution in [2.24, 2.45) is 0 Å². The lowest BCUT2D eigenvalue weighted by molar-refractivity contribution is 0.0526. The summed E-state index contributed by atoms with van der Waals surface area (Å²) in [5.41, 5.74) is 6.76. The molecule has 0 aliphatic heterocycles. The molecule has 0 unspecified atom stereocenters. The first-order valence-electron chi connectivity index (χ1n) is 7.86. The van der Waals surface area contributed by atoms with Gasteiger partial charge < -0.3 is 15.4 Å². The predicted octanol–water partition coefficient (Wildman–Crippen LogP) is 3.00. The van der Waals surface area contributed by atoms with Gasteiger partial charge in [0.2, 0.25) is 0 Å². The Balaban J connectivity index is 2.33. The van der Waals surface area contributed by atoms with Gasteiger partial charge in [-0.05, 0) is 32.8 Å². The highest BCUT2D eigenvalue weighted by molar-refractivity contribution is 5.95. The van der Waals surface area contributed by atoms with Crippen molar-refractivity contribution in [1.82, 2.24) is 4.98 Å². The molecular formula is C16H25N3O2. The molecule has 2 N–H and O–H groups in total. The summed E-state index contributed by atoms with van der Waals surface area (Å²) in [6.45, 7) is 5.08. The fourth-order valence-corrected chi connectivity index (χ4v) is 3.04. The van der Waals surface area contributed by atoms with Gasteiger partial charge in [0, 0.05) is 12.6 Å². The predicted molar refractivity (Wildman–Crippen MR) is 84.5 cm³/mol. The Morgan fingerprint density at radius 1 is 1.38 bits per heavy atom. The molecule has 0 spiro atoms. The molecule has 0 amide bonds. The summed E-state index contributed by atoms with van der Waals surface area (Å²) in [6.07, 6.45) is 7.71. The lowest BCUT2D eigenvalue weighted by Crippen LogP contribution is -2.38. The highest BCUT2D eigenvalue weighted by atomic mass is 16.5. The molecule has 1 saturated carbocycles. The molecule has 0 aromatic carbocycles. The number of carbonyl (C=O) groups is 1. The molecule has 5 nitrogen and oxygen atoms in total. The second kappa shape index (κ2) is 7.29. The number of ether oxygens (including phenoxy) is 1. The Labute approximate surface area is 126 Å². The van der Waals surface area contributed by atoms with Crippen LogP contribution in [0.2, 0.25) is 0 Å². The number of nitrogens with zero attached hydrogens (tertiary/aromatic N) is 2. The molecule has 21 heavy (non-hydrogen) atoms. The molecule has 0 bridgehead atoms. The largest absolute Gasteiger partial charge is 0.462 e. The quantitative estimate of drug-likeness (QED) is 0.845. The first kappa shape index (κ1) is 15.6. The zero-order valence-corrected chi connectivity index (χ0v) is 13.0. The maximum atomic E-state index is 12.2. The molecule has 1 aliphatic carbocycles. The van der Waals surface area contributed by atoms with Crippen molar-refractivity contribution in [3.63, 3.8) is 0 Å². The van der Waals surface area contributed by atoms with Gasteiger partial charge in [-0.1, -0.05) is 19.3 Å². The van der Waals surface area contributed by atoms with E-state index >= 15 is 0 Å². The molecule has 0 radical (unpaired) electrons. The van der Waals surface area contributed by atoms with Crippen LogP contribution in [0, 0.1) is 0 Å². The van der Waals surface area contributed by atoms with E-state index in [9.17, 15) is 4.79 Å². The fraction of sp³-hybridized carbons (Fsp3) is 0.625. The van der Waals surface area contributed by atoms with Crippen LogP contribution in [0.3, 0.4) is 0 Å². The van der Waals surface area contributed by atoms with E-state index in [0.717, 1.165) is 19.4 Å². The second-order valence-electron chi connectivity index (χ2n) is 5.44. The number of nitrogen functional groups attached to an aromatic ring is 1. The molecule has 1 aromatic rings. The highest BCUT2D eigenvalue weighted by Crippen LogP contribution is 2.29. The number of rotatable bonds is 5. The van der Waals surface area contributed by atoms with Crippen molar-refractivity contribution >= 4 is 17.5 Å². The SMILES string of the molecule is CCOC(=O)c1cc(N)cnc1N(CC)C1CCCCC1. The van der Waals surface area contributed by atoms with Gasteiger partial charge in [0.25, 0.3) is 0 Å². The van der Waals surface area contributed by atoms with E-state index in [4.69, 9.17) is 10.5 Å². The zero-order valence-electron chi connectivity index (χ0n) is 13.0. The first-order valence-corrected chi connectivity index (χ1v) is 7.86. The molecular weight excluding hydrogens is 266 g/mol. The van der Waals surface area contributed by atoms with Gasteiger partial charge in [-0.15, -0.1) is 0 Å². The Kier molecular flexibility index (Phi) is 5.42. The lowest BCUT2D eigenvalue weighted by atomic mass is 9.94. The van der Waals surface area contributed by atoms with E-state index in [1.165, 1.54) is 19.3 Å². The number of pyridine rings is 1. The van der Waals surface area contributed by atoms with Crippen LogP contribution in [0.1, 0.15) is 56.3 Å². The normalized spacial score (nSPS) is 15.7. The monoisotopic (exact) mass is 291 g/mol. The van der Waals surface area contributed by atoms with Gasteiger partial charge in [-0.2, -0.15) is 0 Å². The number of nitrogens with two attached hydrogens (primary N) is 1. The van der Waals surface area contributed by atoms with Gasteiger partial charge in [0.15, 0.2) is 0 Å². The van der Waals surface area contributed by atoms with Crippen LogP contribution >= 0.6 is 0 Å². The van der Waals surface area contributed by atoms with E-state index in [-0.39, 0.29) is 5.97 Å². The smallest absolute Gasteiger partial charge is 0.341 e. The molecule has 1 aromatic heterocycles. The lowest BCUT2D eigenvalue weighted by Gasteiger charge is -2.35. The Hall–Kier alpha value is -1.78. The third-order valence-electron chi connectivity index (χ3n) is 4.01. The minimum absolute atomic E-state index is 0.346. The molecule has 2 rings (SSSR count). The van der Waals surface area contributed by atoms with E-state index in [2.05, 4.69) is 16.8 Å². The number of hydrogen-bond donors (Lipinski definition) is 1. The van der Waals surface area contributed by atoms with Gasteiger partial charge in [-0.25, -0.2) is 9.78 Å². The maximum Gasteiger partial charge on any atom is 0.341 e. The molecule has 116 valence electrons. The van der Waals surface area contributed by atoms with Crippen molar-refractivity contribution in [1.29, 1.82) is 0 Å². The van der Waals surface area contributed by atoms with Gasteiger partial charge in [-0.3, -0.25) is 0 Å². The molecule has 1 heterocycles. The van der Waals surface area contributed by atoms with Crippen molar-refractivity contribution in [3.05, 3.63) is 17.8 Å². The van der Waals surface area contributed by atoms with E-state index in [0.29, 0.717) is 29.7 Å². The summed E-state index contributed by atoms with van der Waals surface area (Å²) in [5.74, 6) is 0.360. The van der Waals surface area contributed by atoms with Crippen LogP contribution in [0.5, 0.6) is 0 Å². The van der Waals surface area contributed by atoms with Crippen LogP contribution in [0.15, 0.2) is 12.3 Å². The topological polar surface area (TPSA) is 68.5 Å². The average Bonchev–Trinajstić information content (AvgIpc) is 2.50. The maximum absolute atomic E-state index is 12.2. The van der Waals surface area contributed by atoms with E-state index in [1.54, 1.807) is 19.2 Å². The summed E-state index contributed by atoms with van der Waals surface area (Å²) in [5, 5.41) is 0. The van der Waals surface area contributed by atoms with Crippen molar-refractivity contribution < 1.29 is 9.53 Å². The van der Waals surface area contributed by atoms with Crippen LogP contribution in [-0.4, -0.2) is 30.1 Å². The molecule has 0 saturated heterocycles. The third kappa shape index (κ3) is 3.65. The van der Waals surface area contributed by atoms with Crippen LogP contribution in [0.25, 0.3) is 0 Å². The summed E-state index contributed by atoms with van der Waals surface area (Å²) >= 11 is 0. The Morgan fingerprint density at radius 3 is 2.71 bits per heavy atom. The summed E-state index contributed by atoms with van der Waals surface area (Å²) < 4.78 is 5.14. The summed E-state index contributed by atoms with van der Waals surface area (Å²) in [4.78, 5) is 18.8. The number of carbonyl (C=O) groups excluding carboxylic acids is 1. The van der Waals surface area contributed by atoms with Gasteiger partial charge in [0.1, 0.15) is 11.4 Å². The van der Waals surface area contributed by atoms with E-state index in [1.807, 2.05) is 0 Å². The van der Waals surface area contributed by atoms with Gasteiger partial charge >= 0.3 is 5.97 Å². The number of hydrogen-bond acceptors (Lipinski definition) is 5. The summed E-state index contributed by atoms with van der Waals surface area (Å²) in [6, 6.07) is 2.12. The summed E-state index contributed by atoms with van der Waals surface area (Å²) in [7, 11) is 0. The van der Waals surface area contributed by atoms with Crippen LogP contribution in [0.4, 0.5) is 11.5 Å². The zero-order chi connectivity index (χ0) is 15.2. The first-order chi connectivity index (χ1) is 10.2. The third-order valence-corrected chi connectivity index (χ3v) is 4.01. The molecule has 0 atom stereocenters. The Bertz CT molecular complexity index is 484. The second-order valence-corrected chi connectivity index (χ2v) is 5.44. The minimum atomic E-state index is -0.346. The minimum Gasteiger partial charge on any atom is -0.462 e. The Morgan fingerprint density at radius 2 is 2.10 bits per heavy atom. The van der Waals surface area contributed by atoms with Crippen LogP contribution in [-0.2, 0) is 4.74 Å². The van der Waals surface area contributed by atoms with Crippen molar-refractivity contribution in [3.8, 4) is 0 Å². The average molecular weight is 291 g/mol. The molecule has 5 heteroatoms. The number of esters is 1. The van der Waals surface area contributed by atoms with Gasteiger partial charge in [0.05, 0.1) is 18.5 Å². The van der Waals surface area contributed by atoms with Crippen LogP contribution < -0.4 is 10.6 Å². The molecule has 1 fully saturated rings. The number of aromatic nitrogens is 1. The van der Waals surface area contributed by atoms with Crippen molar-refractivity contribution in [2.75, 3.05) is 23.8 Å². The van der Waals surface area contributed by atoms with Crippen molar-refractivity contribution in [2.45, 2.75) is 52.0 Å². The number of anilines is 2.